The quantitative estimate of drug-likeness (QED) is 0.683. The number of aromatic nitrogens is 2. The fraction of sp³-hybridized carbons (Fsp3) is 0.364. The number of aromatic amines is 1. The molecule has 0 aliphatic heterocycles. The molecule has 2 aromatic heterocycles. The van der Waals surface area contributed by atoms with E-state index in [1.807, 2.05) is 55.3 Å². The van der Waals surface area contributed by atoms with Crippen molar-refractivity contribution in [1.29, 1.82) is 0 Å². The summed E-state index contributed by atoms with van der Waals surface area (Å²) in [6.45, 7) is 10.3. The third-order valence-electron chi connectivity index (χ3n) is 4.74. The number of anilines is 1. The molecule has 0 aliphatic rings. The van der Waals surface area contributed by atoms with Crippen molar-refractivity contribution in [3.8, 4) is 0 Å². The Labute approximate surface area is 155 Å². The number of amides is 1. The first-order valence-electron chi connectivity index (χ1n) is 9.21. The van der Waals surface area contributed by atoms with Crippen molar-refractivity contribution in [3.05, 3.63) is 59.5 Å². The van der Waals surface area contributed by atoms with E-state index in [1.165, 1.54) is 0 Å². The van der Waals surface area contributed by atoms with Crippen LogP contribution in [0.3, 0.4) is 0 Å². The predicted molar refractivity (Wildman–Crippen MR) is 108 cm³/mol. The highest BCUT2D eigenvalue weighted by molar-refractivity contribution is 6.08. The van der Waals surface area contributed by atoms with Crippen LogP contribution in [0.1, 0.15) is 48.9 Å². The first-order valence-corrected chi connectivity index (χ1v) is 9.21. The molecule has 3 rings (SSSR count). The number of fused-ring (bicyclic) bond motifs is 1. The fourth-order valence-corrected chi connectivity index (χ4v) is 3.59. The molecule has 4 nitrogen and oxygen atoms in total. The highest BCUT2D eigenvalue weighted by Crippen LogP contribution is 2.27. The number of rotatable bonds is 5. The second kappa shape index (κ2) is 7.32. The van der Waals surface area contributed by atoms with Crippen LogP contribution in [-0.2, 0) is 0 Å². The van der Waals surface area contributed by atoms with Crippen LogP contribution >= 0.6 is 0 Å². The van der Waals surface area contributed by atoms with Gasteiger partial charge in [-0.05, 0) is 69.5 Å². The van der Waals surface area contributed by atoms with Crippen molar-refractivity contribution in [2.45, 2.75) is 47.1 Å². The highest BCUT2D eigenvalue weighted by atomic mass is 16.2. The summed E-state index contributed by atoms with van der Waals surface area (Å²) in [5.74, 6) is 0.520. The first kappa shape index (κ1) is 18.2. The van der Waals surface area contributed by atoms with E-state index in [-0.39, 0.29) is 11.9 Å². The molecule has 0 radical (unpaired) electrons. The van der Waals surface area contributed by atoms with Crippen molar-refractivity contribution >= 4 is 22.5 Å². The van der Waals surface area contributed by atoms with Gasteiger partial charge in [0.05, 0.1) is 11.3 Å². The molecule has 2 heterocycles. The molecule has 0 bridgehead atoms. The van der Waals surface area contributed by atoms with Crippen molar-refractivity contribution in [3.63, 3.8) is 0 Å². The summed E-state index contributed by atoms with van der Waals surface area (Å²) >= 11 is 0. The topological polar surface area (TPSA) is 49.0 Å². The fourth-order valence-electron chi connectivity index (χ4n) is 3.59. The Hall–Kier alpha value is -2.62. The monoisotopic (exact) mass is 349 g/mol. The Bertz CT molecular complexity index is 926. The number of carbonyl (C=O) groups excluding carboxylic acids is 1. The van der Waals surface area contributed by atoms with Crippen molar-refractivity contribution in [1.82, 2.24) is 9.97 Å². The zero-order valence-electron chi connectivity index (χ0n) is 16.2. The standard InChI is InChI=1S/C22H27N3O/c1-14(2)12-16(4)25(19-7-9-21-18(13-19)10-11-23-21)22(26)20-8-6-15(3)24-17(20)5/h6-11,13-14,16,23H,12H2,1-5H3. The minimum Gasteiger partial charge on any atom is -0.361 e. The van der Waals surface area contributed by atoms with Gasteiger partial charge < -0.3 is 9.88 Å². The summed E-state index contributed by atoms with van der Waals surface area (Å²) < 4.78 is 0. The van der Waals surface area contributed by atoms with Crippen molar-refractivity contribution < 1.29 is 4.79 Å². The Balaban J connectivity index is 2.05. The molecule has 1 unspecified atom stereocenters. The second-order valence-electron chi connectivity index (χ2n) is 7.49. The summed E-state index contributed by atoms with van der Waals surface area (Å²) in [6, 6.07) is 12.1. The van der Waals surface area contributed by atoms with E-state index in [1.54, 1.807) is 0 Å². The van der Waals surface area contributed by atoms with Gasteiger partial charge in [0.25, 0.3) is 5.91 Å². The maximum atomic E-state index is 13.5. The van der Waals surface area contributed by atoms with Crippen LogP contribution < -0.4 is 4.90 Å². The number of carbonyl (C=O) groups is 1. The van der Waals surface area contributed by atoms with Gasteiger partial charge in [0.1, 0.15) is 0 Å². The van der Waals surface area contributed by atoms with Crippen LogP contribution in [0.2, 0.25) is 0 Å². The first-order chi connectivity index (χ1) is 12.4. The number of nitrogens with one attached hydrogen (secondary N) is 1. The summed E-state index contributed by atoms with van der Waals surface area (Å²) in [4.78, 5) is 23.1. The minimum atomic E-state index is 0.0121. The van der Waals surface area contributed by atoms with E-state index in [9.17, 15) is 4.79 Å². The number of aryl methyl sites for hydroxylation is 2. The Morgan fingerprint density at radius 2 is 1.88 bits per heavy atom. The van der Waals surface area contributed by atoms with E-state index in [4.69, 9.17) is 0 Å². The van der Waals surface area contributed by atoms with Crippen molar-refractivity contribution in [2.75, 3.05) is 4.90 Å². The Morgan fingerprint density at radius 3 is 2.58 bits per heavy atom. The van der Waals surface area contributed by atoms with Crippen LogP contribution in [0.4, 0.5) is 5.69 Å². The lowest BCUT2D eigenvalue weighted by atomic mass is 10.0. The van der Waals surface area contributed by atoms with E-state index in [2.05, 4.69) is 36.8 Å². The third-order valence-corrected chi connectivity index (χ3v) is 4.74. The molecule has 0 aliphatic carbocycles. The van der Waals surface area contributed by atoms with Gasteiger partial charge in [-0.1, -0.05) is 13.8 Å². The molecule has 26 heavy (non-hydrogen) atoms. The molecule has 4 heteroatoms. The molecule has 1 amide bonds. The highest BCUT2D eigenvalue weighted by Gasteiger charge is 2.25. The van der Waals surface area contributed by atoms with Crippen LogP contribution in [0, 0.1) is 19.8 Å². The molecule has 0 saturated heterocycles. The second-order valence-corrected chi connectivity index (χ2v) is 7.49. The number of pyridine rings is 1. The molecule has 136 valence electrons. The molecule has 0 saturated carbocycles. The van der Waals surface area contributed by atoms with Crippen molar-refractivity contribution in [2.24, 2.45) is 5.92 Å². The largest absolute Gasteiger partial charge is 0.361 e. The van der Waals surface area contributed by atoms with Gasteiger partial charge in [-0.25, -0.2) is 0 Å². The van der Waals surface area contributed by atoms with E-state index < -0.39 is 0 Å². The summed E-state index contributed by atoms with van der Waals surface area (Å²) in [5.41, 5.74) is 4.37. The lowest BCUT2D eigenvalue weighted by molar-refractivity contribution is 0.0975. The van der Waals surface area contributed by atoms with E-state index in [0.29, 0.717) is 11.5 Å². The Morgan fingerprint density at radius 1 is 1.12 bits per heavy atom. The molecule has 0 fully saturated rings. The summed E-state index contributed by atoms with van der Waals surface area (Å²) in [5, 5.41) is 1.11. The molecule has 0 spiro atoms. The smallest absolute Gasteiger partial charge is 0.260 e. The number of nitrogens with zero attached hydrogens (tertiary/aromatic N) is 2. The van der Waals surface area contributed by atoms with Gasteiger partial charge in [0, 0.05) is 34.5 Å². The average molecular weight is 349 g/mol. The SMILES string of the molecule is Cc1ccc(C(=O)N(c2ccc3[nH]ccc3c2)C(C)CC(C)C)c(C)n1. The molecule has 1 N–H and O–H groups in total. The van der Waals surface area contributed by atoms with Gasteiger partial charge in [-0.2, -0.15) is 0 Å². The van der Waals surface area contributed by atoms with Gasteiger partial charge in [-0.3, -0.25) is 9.78 Å². The van der Waals surface area contributed by atoms with Crippen LogP contribution in [0.25, 0.3) is 10.9 Å². The van der Waals surface area contributed by atoms with Crippen LogP contribution in [0.15, 0.2) is 42.6 Å². The number of hydrogen-bond donors (Lipinski definition) is 1. The number of H-pyrrole nitrogens is 1. The van der Waals surface area contributed by atoms with Gasteiger partial charge in [-0.15, -0.1) is 0 Å². The molecular weight excluding hydrogens is 322 g/mol. The van der Waals surface area contributed by atoms with Crippen LogP contribution in [0.5, 0.6) is 0 Å². The zero-order valence-corrected chi connectivity index (χ0v) is 16.2. The maximum Gasteiger partial charge on any atom is 0.260 e. The maximum absolute atomic E-state index is 13.5. The van der Waals surface area contributed by atoms with E-state index in [0.717, 1.165) is 34.4 Å². The van der Waals surface area contributed by atoms with Gasteiger partial charge in [0.15, 0.2) is 0 Å². The lowest BCUT2D eigenvalue weighted by Gasteiger charge is -2.31. The summed E-state index contributed by atoms with van der Waals surface area (Å²) in [7, 11) is 0. The normalized spacial score (nSPS) is 12.5. The molecule has 1 atom stereocenters. The molecule has 3 aromatic rings. The zero-order chi connectivity index (χ0) is 18.8. The minimum absolute atomic E-state index is 0.0121. The third kappa shape index (κ3) is 3.64. The summed E-state index contributed by atoms with van der Waals surface area (Å²) in [6.07, 6.45) is 2.86. The molecular formula is C22H27N3O. The molecule has 1 aromatic carbocycles. The van der Waals surface area contributed by atoms with E-state index >= 15 is 0 Å². The predicted octanol–water partition coefficient (Wildman–Crippen LogP) is 5.26. The number of benzene rings is 1. The van der Waals surface area contributed by atoms with Gasteiger partial charge in [0.2, 0.25) is 0 Å². The van der Waals surface area contributed by atoms with Gasteiger partial charge >= 0.3 is 0 Å². The Kier molecular flexibility index (Phi) is 5.12. The average Bonchev–Trinajstić information content (AvgIpc) is 3.02. The number of hydrogen-bond acceptors (Lipinski definition) is 2. The lowest BCUT2D eigenvalue weighted by Crippen LogP contribution is -2.40. The van der Waals surface area contributed by atoms with Crippen LogP contribution in [-0.4, -0.2) is 21.9 Å².